The molecule has 0 bridgehead atoms. The highest BCUT2D eigenvalue weighted by Crippen LogP contribution is 2.42. The van der Waals surface area contributed by atoms with E-state index in [0.29, 0.717) is 10.2 Å². The largest absolute Gasteiger partial charge is 0.507 e. The number of alkyl halides is 5. The number of anilines is 1. The maximum atomic E-state index is 13.3. The van der Waals surface area contributed by atoms with Gasteiger partial charge in [-0.25, -0.2) is 4.68 Å². The van der Waals surface area contributed by atoms with E-state index in [1.807, 2.05) is 0 Å². The van der Waals surface area contributed by atoms with Gasteiger partial charge in [-0.15, -0.1) is 5.10 Å². The molecule has 2 aromatic rings. The van der Waals surface area contributed by atoms with Gasteiger partial charge in [0, 0.05) is 6.54 Å². The van der Waals surface area contributed by atoms with Crippen molar-refractivity contribution in [1.82, 2.24) is 14.8 Å². The molecule has 0 spiro atoms. The van der Waals surface area contributed by atoms with Crippen LogP contribution in [0.25, 0.3) is 0 Å². The number of carbonyl (C=O) groups excluding carboxylic acids is 1. The molecule has 1 heterocycles. The number of phenolic OH excluding ortho intramolecular Hbond substituents is 1. The first-order chi connectivity index (χ1) is 11.5. The van der Waals surface area contributed by atoms with Crippen LogP contribution in [-0.4, -0.2) is 32.0 Å². The van der Waals surface area contributed by atoms with Gasteiger partial charge in [-0.2, -0.15) is 26.9 Å². The van der Waals surface area contributed by atoms with Crippen molar-refractivity contribution < 1.29 is 31.9 Å². The van der Waals surface area contributed by atoms with Crippen LogP contribution >= 0.6 is 0 Å². The molecule has 0 fully saturated rings. The number of nitrogens with one attached hydrogen (secondary N) is 1. The lowest BCUT2D eigenvalue weighted by Crippen LogP contribution is -2.35. The number of hydrogen-bond donors (Lipinski definition) is 2. The number of benzene rings is 1. The summed E-state index contributed by atoms with van der Waals surface area (Å²) in [5.74, 6) is -8.93. The zero-order valence-corrected chi connectivity index (χ0v) is 13.0. The van der Waals surface area contributed by atoms with E-state index in [1.54, 1.807) is 6.92 Å². The molecule has 11 heteroatoms. The number of halogens is 5. The molecule has 0 saturated heterocycles. The van der Waals surface area contributed by atoms with Crippen LogP contribution in [0.5, 0.6) is 5.75 Å². The highest BCUT2D eigenvalue weighted by atomic mass is 19.4. The number of phenols is 1. The van der Waals surface area contributed by atoms with Gasteiger partial charge in [-0.3, -0.25) is 10.1 Å². The van der Waals surface area contributed by atoms with Crippen molar-refractivity contribution in [3.8, 4) is 5.75 Å². The van der Waals surface area contributed by atoms with Crippen LogP contribution in [0.4, 0.5) is 27.9 Å². The van der Waals surface area contributed by atoms with Gasteiger partial charge in [0.25, 0.3) is 5.91 Å². The van der Waals surface area contributed by atoms with E-state index in [4.69, 9.17) is 0 Å². The maximum absolute atomic E-state index is 13.3. The summed E-state index contributed by atoms with van der Waals surface area (Å²) in [4.78, 5) is 15.2. The third-order valence-corrected chi connectivity index (χ3v) is 3.23. The molecule has 0 radical (unpaired) electrons. The lowest BCUT2D eigenvalue weighted by atomic mass is 10.1. The summed E-state index contributed by atoms with van der Waals surface area (Å²) in [6, 6.07) is 4.09. The Morgan fingerprint density at radius 2 is 1.92 bits per heavy atom. The van der Waals surface area contributed by atoms with Crippen molar-refractivity contribution in [2.75, 3.05) is 5.32 Å². The van der Waals surface area contributed by atoms with Crippen LogP contribution in [0.2, 0.25) is 0 Å². The zero-order chi connectivity index (χ0) is 19.0. The quantitative estimate of drug-likeness (QED) is 0.817. The molecule has 25 heavy (non-hydrogen) atoms. The smallest absolute Gasteiger partial charge is 0.461 e. The van der Waals surface area contributed by atoms with E-state index in [9.17, 15) is 31.9 Å². The fourth-order valence-electron chi connectivity index (χ4n) is 1.92. The molecule has 2 rings (SSSR count). The van der Waals surface area contributed by atoms with Gasteiger partial charge in [-0.1, -0.05) is 6.07 Å². The summed E-state index contributed by atoms with van der Waals surface area (Å²) in [6.45, 7) is 2.97. The van der Waals surface area contributed by atoms with Crippen LogP contribution in [-0.2, 0) is 12.5 Å². The summed E-state index contributed by atoms with van der Waals surface area (Å²) in [7, 11) is 0. The van der Waals surface area contributed by atoms with E-state index in [1.165, 1.54) is 25.1 Å². The molecule has 1 aromatic heterocycles. The molecule has 0 aliphatic heterocycles. The van der Waals surface area contributed by atoms with Crippen LogP contribution in [0, 0.1) is 6.92 Å². The predicted molar refractivity (Wildman–Crippen MR) is 76.4 cm³/mol. The number of nitrogens with zero attached hydrogens (tertiary/aromatic N) is 3. The van der Waals surface area contributed by atoms with Gasteiger partial charge in [0.1, 0.15) is 5.75 Å². The first kappa shape index (κ1) is 18.6. The molecular weight excluding hydrogens is 351 g/mol. The van der Waals surface area contributed by atoms with Crippen molar-refractivity contribution >= 4 is 11.9 Å². The van der Waals surface area contributed by atoms with Gasteiger partial charge < -0.3 is 5.11 Å². The van der Waals surface area contributed by atoms with Gasteiger partial charge in [0.05, 0.1) is 5.56 Å². The highest BCUT2D eigenvalue weighted by molar-refractivity contribution is 6.05. The lowest BCUT2D eigenvalue weighted by Gasteiger charge is -2.15. The standard InChI is InChI=1S/C14H13F5N4O2/c1-3-23-12(21-11(22-23)13(15,16)14(17,18)19)20-10(25)8-5-4-7(2)6-9(8)24/h4-6,24H,3H2,1-2H3,(H,20,21,22,25). The monoisotopic (exact) mass is 364 g/mol. The third kappa shape index (κ3) is 3.54. The lowest BCUT2D eigenvalue weighted by molar-refractivity contribution is -0.292. The molecule has 0 aliphatic rings. The molecule has 0 unspecified atom stereocenters. The Labute approximate surface area is 138 Å². The average Bonchev–Trinajstić information content (AvgIpc) is 2.89. The van der Waals surface area contributed by atoms with Crippen LogP contribution in [0.3, 0.4) is 0 Å². The number of rotatable bonds is 4. The summed E-state index contributed by atoms with van der Waals surface area (Å²) in [5, 5.41) is 14.9. The molecule has 1 aromatic carbocycles. The average molecular weight is 364 g/mol. The Hall–Kier alpha value is -2.72. The first-order valence-electron chi connectivity index (χ1n) is 6.98. The van der Waals surface area contributed by atoms with Crippen LogP contribution in [0.15, 0.2) is 18.2 Å². The van der Waals surface area contributed by atoms with E-state index < -0.39 is 29.8 Å². The van der Waals surface area contributed by atoms with E-state index in [-0.39, 0.29) is 17.9 Å². The second-order valence-corrected chi connectivity index (χ2v) is 5.12. The minimum atomic E-state index is -5.87. The number of carbonyl (C=O) groups is 1. The SMILES string of the molecule is CCn1nc(C(F)(F)C(F)(F)F)nc1NC(=O)c1ccc(C)cc1O. The second kappa shape index (κ2) is 6.30. The topological polar surface area (TPSA) is 80.0 Å². The molecule has 6 nitrogen and oxygen atoms in total. The fourth-order valence-corrected chi connectivity index (χ4v) is 1.92. The Morgan fingerprint density at radius 3 is 2.44 bits per heavy atom. The fraction of sp³-hybridized carbons (Fsp3) is 0.357. The molecule has 0 atom stereocenters. The van der Waals surface area contributed by atoms with Crippen LogP contribution in [0.1, 0.15) is 28.7 Å². The number of hydrogen-bond acceptors (Lipinski definition) is 4. The van der Waals surface area contributed by atoms with Crippen molar-refractivity contribution in [2.24, 2.45) is 0 Å². The molecule has 1 amide bonds. The summed E-state index contributed by atoms with van der Waals surface area (Å²) < 4.78 is 64.7. The minimum Gasteiger partial charge on any atom is -0.507 e. The Kier molecular flexibility index (Phi) is 4.69. The van der Waals surface area contributed by atoms with E-state index in [0.717, 1.165) is 0 Å². The summed E-state index contributed by atoms with van der Waals surface area (Å²) >= 11 is 0. The Bertz CT molecular complexity index is 801. The minimum absolute atomic E-state index is 0.115. The summed E-state index contributed by atoms with van der Waals surface area (Å²) in [5.41, 5.74) is 0.471. The molecule has 2 N–H and O–H groups in total. The third-order valence-electron chi connectivity index (χ3n) is 3.23. The van der Waals surface area contributed by atoms with E-state index in [2.05, 4.69) is 15.4 Å². The van der Waals surface area contributed by atoms with Crippen molar-refractivity contribution in [3.05, 3.63) is 35.2 Å². The maximum Gasteiger partial charge on any atom is 0.461 e. The zero-order valence-electron chi connectivity index (χ0n) is 13.0. The molecular formula is C14H13F5N4O2. The number of aromatic hydroxyl groups is 1. The van der Waals surface area contributed by atoms with Gasteiger partial charge >= 0.3 is 12.1 Å². The molecule has 0 aliphatic carbocycles. The van der Waals surface area contributed by atoms with Crippen molar-refractivity contribution in [2.45, 2.75) is 32.5 Å². The molecule has 0 saturated carbocycles. The van der Waals surface area contributed by atoms with E-state index >= 15 is 0 Å². The number of amides is 1. The summed E-state index contributed by atoms with van der Waals surface area (Å²) in [6.07, 6.45) is -5.87. The van der Waals surface area contributed by atoms with Gasteiger partial charge in [-0.05, 0) is 31.5 Å². The van der Waals surface area contributed by atoms with Gasteiger partial charge in [0.2, 0.25) is 11.8 Å². The van der Waals surface area contributed by atoms with Crippen LogP contribution < -0.4 is 5.32 Å². The molecule has 136 valence electrons. The first-order valence-corrected chi connectivity index (χ1v) is 6.98. The highest BCUT2D eigenvalue weighted by Gasteiger charge is 2.62. The second-order valence-electron chi connectivity index (χ2n) is 5.12. The number of aryl methyl sites for hydroxylation is 2. The Morgan fingerprint density at radius 1 is 1.28 bits per heavy atom. The Balaban J connectivity index is 2.35. The van der Waals surface area contributed by atoms with Crippen molar-refractivity contribution in [3.63, 3.8) is 0 Å². The predicted octanol–water partition coefficient (Wildman–Crippen LogP) is 3.22. The number of aromatic nitrogens is 3. The normalized spacial score (nSPS) is 12.3. The van der Waals surface area contributed by atoms with Crippen molar-refractivity contribution in [1.29, 1.82) is 0 Å². The van der Waals surface area contributed by atoms with Gasteiger partial charge in [0.15, 0.2) is 0 Å².